The van der Waals surface area contributed by atoms with Crippen molar-refractivity contribution in [3.8, 4) is 0 Å². The van der Waals surface area contributed by atoms with Gasteiger partial charge in [0.15, 0.2) is 5.13 Å². The number of hydrogen-bond donors (Lipinski definition) is 1. The van der Waals surface area contributed by atoms with Crippen LogP contribution < -0.4 is 4.90 Å². The first-order valence-electron chi connectivity index (χ1n) is 6.48. The highest BCUT2D eigenvalue weighted by atomic mass is 32.1. The highest BCUT2D eigenvalue weighted by molar-refractivity contribution is 7.13. The largest absolute Gasteiger partial charge is 0.387 e. The average molecular weight is 254 g/mol. The second kappa shape index (κ2) is 4.94. The van der Waals surface area contributed by atoms with Gasteiger partial charge in [0, 0.05) is 18.5 Å². The van der Waals surface area contributed by atoms with Crippen LogP contribution in [0.4, 0.5) is 5.13 Å². The Morgan fingerprint density at radius 1 is 1.53 bits per heavy atom. The SMILES string of the molecule is CCC1(CC)CCN(c2nc(C(C)O)cs2)C1. The van der Waals surface area contributed by atoms with E-state index in [0.29, 0.717) is 5.41 Å². The van der Waals surface area contributed by atoms with Crippen LogP contribution in [0.25, 0.3) is 0 Å². The molecule has 0 radical (unpaired) electrons. The first-order chi connectivity index (χ1) is 8.10. The van der Waals surface area contributed by atoms with Crippen LogP contribution in [0.1, 0.15) is 51.8 Å². The summed E-state index contributed by atoms with van der Waals surface area (Å²) in [6, 6.07) is 0. The summed E-state index contributed by atoms with van der Waals surface area (Å²) in [5.74, 6) is 0. The van der Waals surface area contributed by atoms with Gasteiger partial charge in [-0.15, -0.1) is 11.3 Å². The molecule has 1 unspecified atom stereocenters. The first-order valence-corrected chi connectivity index (χ1v) is 7.36. The third kappa shape index (κ3) is 2.47. The van der Waals surface area contributed by atoms with Gasteiger partial charge in [0.05, 0.1) is 11.8 Å². The normalized spacial score (nSPS) is 20.8. The summed E-state index contributed by atoms with van der Waals surface area (Å²) in [5, 5.41) is 12.5. The lowest BCUT2D eigenvalue weighted by Crippen LogP contribution is -2.26. The maximum absolute atomic E-state index is 9.50. The van der Waals surface area contributed by atoms with Crippen LogP contribution in [-0.4, -0.2) is 23.2 Å². The quantitative estimate of drug-likeness (QED) is 0.896. The Morgan fingerprint density at radius 3 is 2.71 bits per heavy atom. The van der Waals surface area contributed by atoms with E-state index >= 15 is 0 Å². The number of aliphatic hydroxyl groups is 1. The molecule has 3 nitrogen and oxygen atoms in total. The van der Waals surface area contributed by atoms with Crippen molar-refractivity contribution in [1.29, 1.82) is 0 Å². The standard InChI is InChI=1S/C13H22N2OS/c1-4-13(5-2)6-7-15(9-13)12-14-11(8-17-12)10(3)16/h8,10,16H,4-7,9H2,1-3H3. The monoisotopic (exact) mass is 254 g/mol. The van der Waals surface area contributed by atoms with Gasteiger partial charge in [0.2, 0.25) is 0 Å². The van der Waals surface area contributed by atoms with Gasteiger partial charge < -0.3 is 10.0 Å². The van der Waals surface area contributed by atoms with E-state index in [1.165, 1.54) is 19.3 Å². The number of thiazole rings is 1. The van der Waals surface area contributed by atoms with Crippen LogP contribution in [-0.2, 0) is 0 Å². The summed E-state index contributed by atoms with van der Waals surface area (Å²) in [6.45, 7) is 8.57. The zero-order chi connectivity index (χ0) is 12.5. The Hall–Kier alpha value is -0.610. The molecule has 1 aromatic heterocycles. The van der Waals surface area contributed by atoms with E-state index in [2.05, 4.69) is 23.7 Å². The molecule has 1 atom stereocenters. The minimum atomic E-state index is -0.454. The number of aromatic nitrogens is 1. The topological polar surface area (TPSA) is 36.4 Å². The summed E-state index contributed by atoms with van der Waals surface area (Å²) in [7, 11) is 0. The summed E-state index contributed by atoms with van der Waals surface area (Å²) in [5.41, 5.74) is 1.28. The van der Waals surface area contributed by atoms with E-state index in [0.717, 1.165) is 23.9 Å². The van der Waals surface area contributed by atoms with Crippen molar-refractivity contribution >= 4 is 16.5 Å². The van der Waals surface area contributed by atoms with Crippen molar-refractivity contribution in [2.45, 2.75) is 46.1 Å². The summed E-state index contributed by atoms with van der Waals surface area (Å²) in [6.07, 6.45) is 3.30. The van der Waals surface area contributed by atoms with Crippen molar-refractivity contribution in [3.63, 3.8) is 0 Å². The Morgan fingerprint density at radius 2 is 2.24 bits per heavy atom. The second-order valence-corrected chi connectivity index (χ2v) is 5.95. The molecule has 2 rings (SSSR count). The molecule has 96 valence electrons. The van der Waals surface area contributed by atoms with Gasteiger partial charge in [-0.2, -0.15) is 0 Å². The van der Waals surface area contributed by atoms with Crippen molar-refractivity contribution in [1.82, 2.24) is 4.98 Å². The molecule has 1 aliphatic rings. The van der Waals surface area contributed by atoms with Crippen LogP contribution in [0, 0.1) is 5.41 Å². The molecule has 1 aromatic rings. The molecular formula is C13H22N2OS. The minimum Gasteiger partial charge on any atom is -0.387 e. The van der Waals surface area contributed by atoms with Crippen molar-refractivity contribution in [2.75, 3.05) is 18.0 Å². The number of hydrogen-bond acceptors (Lipinski definition) is 4. The smallest absolute Gasteiger partial charge is 0.185 e. The van der Waals surface area contributed by atoms with Crippen LogP contribution >= 0.6 is 11.3 Å². The van der Waals surface area contributed by atoms with Gasteiger partial charge in [-0.3, -0.25) is 0 Å². The van der Waals surface area contributed by atoms with Gasteiger partial charge in [-0.25, -0.2) is 4.98 Å². The van der Waals surface area contributed by atoms with E-state index in [1.54, 1.807) is 18.3 Å². The predicted octanol–water partition coefficient (Wildman–Crippen LogP) is 3.21. The van der Waals surface area contributed by atoms with Gasteiger partial charge in [-0.05, 0) is 31.6 Å². The number of rotatable bonds is 4. The molecule has 0 aromatic carbocycles. The highest BCUT2D eigenvalue weighted by Gasteiger charge is 2.35. The van der Waals surface area contributed by atoms with E-state index < -0.39 is 6.10 Å². The van der Waals surface area contributed by atoms with E-state index in [9.17, 15) is 5.11 Å². The second-order valence-electron chi connectivity index (χ2n) is 5.11. The Balaban J connectivity index is 2.09. The molecule has 1 aliphatic heterocycles. The lowest BCUT2D eigenvalue weighted by Gasteiger charge is -2.26. The molecule has 0 bridgehead atoms. The summed E-state index contributed by atoms with van der Waals surface area (Å²) >= 11 is 1.65. The third-order valence-electron chi connectivity index (χ3n) is 4.15. The van der Waals surface area contributed by atoms with Crippen LogP contribution in [0.3, 0.4) is 0 Å². The fraction of sp³-hybridized carbons (Fsp3) is 0.769. The van der Waals surface area contributed by atoms with Gasteiger partial charge in [0.25, 0.3) is 0 Å². The van der Waals surface area contributed by atoms with Gasteiger partial charge in [0.1, 0.15) is 0 Å². The number of aliphatic hydroxyl groups excluding tert-OH is 1. The molecule has 1 N–H and O–H groups in total. The fourth-order valence-electron chi connectivity index (χ4n) is 2.54. The number of nitrogens with zero attached hydrogens (tertiary/aromatic N) is 2. The molecule has 0 amide bonds. The third-order valence-corrected chi connectivity index (χ3v) is 5.07. The summed E-state index contributed by atoms with van der Waals surface area (Å²) in [4.78, 5) is 6.90. The maximum atomic E-state index is 9.50. The molecule has 0 spiro atoms. The van der Waals surface area contributed by atoms with Crippen LogP contribution in [0.2, 0.25) is 0 Å². The van der Waals surface area contributed by atoms with Crippen molar-refractivity contribution in [2.24, 2.45) is 5.41 Å². The minimum absolute atomic E-state index is 0.454. The van der Waals surface area contributed by atoms with Gasteiger partial charge >= 0.3 is 0 Å². The Labute approximate surface area is 107 Å². The molecule has 4 heteroatoms. The van der Waals surface area contributed by atoms with Crippen LogP contribution in [0.5, 0.6) is 0 Å². The fourth-order valence-corrected chi connectivity index (χ4v) is 3.48. The Bertz CT molecular complexity index is 371. The lowest BCUT2D eigenvalue weighted by molar-refractivity contribution is 0.195. The zero-order valence-corrected chi connectivity index (χ0v) is 11.8. The maximum Gasteiger partial charge on any atom is 0.185 e. The Kier molecular flexibility index (Phi) is 3.73. The average Bonchev–Trinajstić information content (AvgIpc) is 2.96. The molecule has 0 saturated carbocycles. The molecular weight excluding hydrogens is 232 g/mol. The molecule has 1 saturated heterocycles. The van der Waals surface area contributed by atoms with E-state index in [1.807, 2.05) is 5.38 Å². The van der Waals surface area contributed by atoms with Crippen molar-refractivity contribution in [3.05, 3.63) is 11.1 Å². The van der Waals surface area contributed by atoms with Crippen molar-refractivity contribution < 1.29 is 5.11 Å². The van der Waals surface area contributed by atoms with Gasteiger partial charge in [-0.1, -0.05) is 13.8 Å². The molecule has 17 heavy (non-hydrogen) atoms. The first kappa shape index (κ1) is 12.8. The zero-order valence-electron chi connectivity index (χ0n) is 10.9. The summed E-state index contributed by atoms with van der Waals surface area (Å²) < 4.78 is 0. The molecule has 1 fully saturated rings. The van der Waals surface area contributed by atoms with Crippen LogP contribution in [0.15, 0.2) is 5.38 Å². The van der Waals surface area contributed by atoms with E-state index in [4.69, 9.17) is 0 Å². The highest BCUT2D eigenvalue weighted by Crippen LogP contribution is 2.39. The van der Waals surface area contributed by atoms with E-state index in [-0.39, 0.29) is 0 Å². The number of anilines is 1. The predicted molar refractivity (Wildman–Crippen MR) is 72.6 cm³/mol. The lowest BCUT2D eigenvalue weighted by atomic mass is 9.82. The molecule has 2 heterocycles. The molecule has 0 aliphatic carbocycles.